The molecule has 4 nitrogen and oxygen atoms in total. The van der Waals surface area contributed by atoms with Crippen molar-refractivity contribution in [2.24, 2.45) is 0 Å². The van der Waals surface area contributed by atoms with Gasteiger partial charge in [0.05, 0.1) is 0 Å². The van der Waals surface area contributed by atoms with Crippen molar-refractivity contribution in [1.29, 1.82) is 0 Å². The van der Waals surface area contributed by atoms with Crippen molar-refractivity contribution in [2.75, 3.05) is 38.5 Å². The number of hydrogen-bond acceptors (Lipinski definition) is 4. The molecule has 0 spiro atoms. The maximum Gasteiger partial charge on any atom is 0.127 e. The number of rotatable bonds is 4. The molecule has 2 aromatic rings. The first kappa shape index (κ1) is 29.2. The number of nitrogens with two attached hydrogens (primary N) is 1. The van der Waals surface area contributed by atoms with E-state index in [1.54, 1.807) is 0 Å². The summed E-state index contributed by atoms with van der Waals surface area (Å²) < 4.78 is 6.55. The van der Waals surface area contributed by atoms with Crippen molar-refractivity contribution in [1.82, 2.24) is 9.80 Å². The fourth-order valence-corrected chi connectivity index (χ4v) is 4.86. The van der Waals surface area contributed by atoms with E-state index < -0.39 is 0 Å². The molecule has 32 heavy (non-hydrogen) atoms. The van der Waals surface area contributed by atoms with Gasteiger partial charge in [0, 0.05) is 62.0 Å². The number of ether oxygens (including phenoxy) is 1. The Labute approximate surface area is 216 Å². The predicted molar refractivity (Wildman–Crippen MR) is 143 cm³/mol. The van der Waals surface area contributed by atoms with Gasteiger partial charge in [-0.25, -0.2) is 0 Å². The normalized spacial score (nSPS) is 20.4. The summed E-state index contributed by atoms with van der Waals surface area (Å²) in [4.78, 5) is 5.07. The van der Waals surface area contributed by atoms with Crippen molar-refractivity contribution in [3.05, 3.63) is 57.1 Å². The third kappa shape index (κ3) is 5.97. The lowest BCUT2D eigenvalue weighted by atomic mass is 9.91. The smallest absolute Gasteiger partial charge is 0.127 e. The fraction of sp³-hybridized carbons (Fsp3) is 0.500. The molecule has 0 bridgehead atoms. The molecule has 4 rings (SSSR count). The highest BCUT2D eigenvalue weighted by molar-refractivity contribution is 6.30. The molecule has 1 saturated heterocycles. The molecule has 1 fully saturated rings. The zero-order valence-corrected chi connectivity index (χ0v) is 22.4. The molecule has 2 aliphatic rings. The summed E-state index contributed by atoms with van der Waals surface area (Å²) in [5.74, 6) is 1.07. The van der Waals surface area contributed by atoms with Crippen molar-refractivity contribution >= 4 is 54.5 Å². The largest absolute Gasteiger partial charge is 0.485 e. The molecule has 1 atom stereocenters. The summed E-state index contributed by atoms with van der Waals surface area (Å²) in [7, 11) is 0. The standard InChI is InChI=1S/C24H32ClN3O.3ClH/c1-16-17(2)23-21(18(3)22(16)26)13-24(4,29-23)15-28-11-9-27(10-12-28)14-19-5-7-20(25)8-6-19;;;/h5-8H,9-15,26H2,1-4H3;3*1H. The molecular weight excluding hydrogens is 488 g/mol. The van der Waals surface area contributed by atoms with Crippen LogP contribution in [0.25, 0.3) is 0 Å². The molecule has 180 valence electrons. The average molecular weight is 523 g/mol. The first-order valence-electron chi connectivity index (χ1n) is 10.5. The second kappa shape index (κ2) is 11.5. The van der Waals surface area contributed by atoms with Crippen LogP contribution in [0, 0.1) is 20.8 Å². The highest BCUT2D eigenvalue weighted by atomic mass is 35.5. The number of benzene rings is 2. The highest BCUT2D eigenvalue weighted by Gasteiger charge is 2.39. The SMILES string of the molecule is Cc1c(C)c2c(c(C)c1N)CC(C)(CN1CCN(Cc3ccc(Cl)cc3)CC1)O2.Cl.Cl.Cl. The molecular formula is C24H35Cl4N3O. The maximum absolute atomic E-state index is 6.55. The summed E-state index contributed by atoms with van der Waals surface area (Å²) in [5.41, 5.74) is 13.2. The second-order valence-corrected chi connectivity index (χ2v) is 9.44. The van der Waals surface area contributed by atoms with Gasteiger partial charge in [0.25, 0.3) is 0 Å². The van der Waals surface area contributed by atoms with Crippen molar-refractivity contribution < 1.29 is 4.74 Å². The van der Waals surface area contributed by atoms with Gasteiger partial charge in [0.2, 0.25) is 0 Å². The summed E-state index contributed by atoms with van der Waals surface area (Å²) in [6, 6.07) is 8.19. The van der Waals surface area contributed by atoms with Crippen LogP contribution in [0.2, 0.25) is 5.02 Å². The number of anilines is 1. The predicted octanol–water partition coefficient (Wildman–Crippen LogP) is 5.62. The Morgan fingerprint density at radius 3 is 2.06 bits per heavy atom. The lowest BCUT2D eigenvalue weighted by Gasteiger charge is -2.38. The number of piperazine rings is 1. The van der Waals surface area contributed by atoms with Crippen LogP contribution < -0.4 is 10.5 Å². The molecule has 0 saturated carbocycles. The minimum atomic E-state index is -0.184. The van der Waals surface area contributed by atoms with Gasteiger partial charge in [-0.15, -0.1) is 37.2 Å². The molecule has 0 aromatic heterocycles. The zero-order valence-electron chi connectivity index (χ0n) is 19.2. The Morgan fingerprint density at radius 2 is 1.47 bits per heavy atom. The molecule has 0 aliphatic carbocycles. The number of fused-ring (bicyclic) bond motifs is 1. The van der Waals surface area contributed by atoms with Crippen LogP contribution in [0.3, 0.4) is 0 Å². The van der Waals surface area contributed by atoms with Gasteiger partial charge in [-0.3, -0.25) is 9.80 Å². The third-order valence-corrected chi connectivity index (χ3v) is 6.93. The molecule has 1 unspecified atom stereocenters. The molecule has 8 heteroatoms. The first-order valence-corrected chi connectivity index (χ1v) is 10.9. The van der Waals surface area contributed by atoms with Crippen LogP contribution in [0.15, 0.2) is 24.3 Å². The Bertz CT molecular complexity index is 876. The van der Waals surface area contributed by atoms with Crippen molar-refractivity contribution in [3.8, 4) is 5.75 Å². The van der Waals surface area contributed by atoms with Gasteiger partial charge in [0.15, 0.2) is 0 Å². The van der Waals surface area contributed by atoms with E-state index in [9.17, 15) is 0 Å². The molecule has 2 aromatic carbocycles. The monoisotopic (exact) mass is 521 g/mol. The van der Waals surface area contributed by atoms with Gasteiger partial charge >= 0.3 is 0 Å². The van der Waals surface area contributed by atoms with Gasteiger partial charge in [-0.2, -0.15) is 0 Å². The molecule has 2 aliphatic heterocycles. The van der Waals surface area contributed by atoms with Crippen LogP contribution in [0.5, 0.6) is 5.75 Å². The number of nitrogens with zero attached hydrogens (tertiary/aromatic N) is 2. The zero-order chi connectivity index (χ0) is 20.8. The lowest BCUT2D eigenvalue weighted by Crippen LogP contribution is -2.52. The van der Waals surface area contributed by atoms with Crippen molar-refractivity contribution in [2.45, 2.75) is 46.3 Å². The first-order chi connectivity index (χ1) is 13.8. The Kier molecular flexibility index (Phi) is 10.5. The lowest BCUT2D eigenvalue weighted by molar-refractivity contribution is 0.0364. The Hall–Kier alpha value is -0.880. The van der Waals surface area contributed by atoms with Crippen molar-refractivity contribution in [3.63, 3.8) is 0 Å². The molecule has 2 N–H and O–H groups in total. The van der Waals surface area contributed by atoms with Crippen LogP contribution in [-0.2, 0) is 13.0 Å². The minimum Gasteiger partial charge on any atom is -0.485 e. The summed E-state index contributed by atoms with van der Waals surface area (Å²) in [6.07, 6.45) is 0.935. The second-order valence-electron chi connectivity index (χ2n) is 9.00. The van der Waals surface area contributed by atoms with E-state index in [2.05, 4.69) is 49.6 Å². The minimum absolute atomic E-state index is 0. The summed E-state index contributed by atoms with van der Waals surface area (Å²) in [5, 5.41) is 0.798. The van der Waals surface area contributed by atoms with Crippen LogP contribution in [0.1, 0.15) is 34.7 Å². The van der Waals surface area contributed by atoms with E-state index in [0.717, 1.165) is 67.7 Å². The van der Waals surface area contributed by atoms with E-state index in [-0.39, 0.29) is 42.8 Å². The van der Waals surface area contributed by atoms with Gasteiger partial charge in [-0.1, -0.05) is 23.7 Å². The van der Waals surface area contributed by atoms with E-state index in [1.807, 2.05) is 12.1 Å². The quantitative estimate of drug-likeness (QED) is 0.529. The Balaban J connectivity index is 0.00000171. The fourth-order valence-electron chi connectivity index (χ4n) is 4.73. The van der Waals surface area contributed by atoms with Crippen LogP contribution in [0.4, 0.5) is 5.69 Å². The summed E-state index contributed by atoms with van der Waals surface area (Å²) >= 11 is 6.00. The van der Waals surface area contributed by atoms with E-state index in [4.69, 9.17) is 22.1 Å². The number of nitrogen functional groups attached to an aromatic ring is 1. The van der Waals surface area contributed by atoms with E-state index in [0.29, 0.717) is 0 Å². The molecule has 0 radical (unpaired) electrons. The molecule has 2 heterocycles. The maximum atomic E-state index is 6.55. The topological polar surface area (TPSA) is 41.7 Å². The van der Waals surface area contributed by atoms with E-state index >= 15 is 0 Å². The number of halogens is 4. The van der Waals surface area contributed by atoms with Gasteiger partial charge < -0.3 is 10.5 Å². The summed E-state index contributed by atoms with van der Waals surface area (Å²) in [6.45, 7) is 14.8. The highest BCUT2D eigenvalue weighted by Crippen LogP contribution is 2.43. The average Bonchev–Trinajstić information content (AvgIpc) is 3.06. The van der Waals surface area contributed by atoms with Crippen LogP contribution in [-0.4, -0.2) is 48.1 Å². The van der Waals surface area contributed by atoms with Crippen LogP contribution >= 0.6 is 48.8 Å². The van der Waals surface area contributed by atoms with Gasteiger partial charge in [0.1, 0.15) is 11.4 Å². The van der Waals surface area contributed by atoms with Gasteiger partial charge in [-0.05, 0) is 62.1 Å². The molecule has 0 amide bonds. The third-order valence-electron chi connectivity index (χ3n) is 6.68. The van der Waals surface area contributed by atoms with E-state index in [1.165, 1.54) is 22.3 Å². The Morgan fingerprint density at radius 1 is 0.906 bits per heavy atom. The number of hydrogen-bond donors (Lipinski definition) is 1.